The molecule has 1 aromatic carbocycles. The van der Waals surface area contributed by atoms with Crippen LogP contribution >= 0.6 is 15.9 Å². The molecule has 240 valence electrons. The first-order valence-corrected chi connectivity index (χ1v) is 15.3. The van der Waals surface area contributed by atoms with Gasteiger partial charge in [0.15, 0.2) is 0 Å². The molecule has 0 bridgehead atoms. The van der Waals surface area contributed by atoms with Gasteiger partial charge in [0.1, 0.15) is 12.4 Å². The van der Waals surface area contributed by atoms with Gasteiger partial charge in [-0.15, -0.1) is 0 Å². The predicted molar refractivity (Wildman–Crippen MR) is 158 cm³/mol. The zero-order valence-electron chi connectivity index (χ0n) is 24.3. The Labute approximate surface area is 253 Å². The van der Waals surface area contributed by atoms with Crippen molar-refractivity contribution in [2.45, 2.75) is 0 Å². The number of rotatable bonds is 33. The lowest BCUT2D eigenvalue weighted by atomic mass is 10.3. The van der Waals surface area contributed by atoms with Gasteiger partial charge in [-0.05, 0) is 12.1 Å². The van der Waals surface area contributed by atoms with Crippen LogP contribution in [0, 0.1) is 0 Å². The van der Waals surface area contributed by atoms with E-state index in [1.165, 1.54) is 0 Å². The third-order valence-electron chi connectivity index (χ3n) is 4.97. The van der Waals surface area contributed by atoms with Crippen molar-refractivity contribution in [3.05, 3.63) is 24.3 Å². The fourth-order valence-electron chi connectivity index (χ4n) is 2.96. The molecule has 0 saturated carbocycles. The van der Waals surface area contributed by atoms with Gasteiger partial charge in [-0.1, -0.05) is 28.1 Å². The van der Waals surface area contributed by atoms with Crippen molar-refractivity contribution in [2.75, 3.05) is 150 Å². The molecule has 0 atom stereocenters. The van der Waals surface area contributed by atoms with E-state index in [0.717, 1.165) is 5.33 Å². The average molecular weight is 657 g/mol. The van der Waals surface area contributed by atoms with Gasteiger partial charge in [0.05, 0.1) is 138 Å². The molecule has 0 aromatic heterocycles. The molecule has 2 N–H and O–H groups in total. The molecule has 12 nitrogen and oxygen atoms in total. The van der Waals surface area contributed by atoms with Crippen molar-refractivity contribution in [1.29, 1.82) is 0 Å². The molecule has 41 heavy (non-hydrogen) atoms. The number of halogens is 1. The summed E-state index contributed by atoms with van der Waals surface area (Å²) in [5.74, 6) is 0.670. The van der Waals surface area contributed by atoms with Crippen molar-refractivity contribution >= 4 is 21.6 Å². The van der Waals surface area contributed by atoms with Crippen LogP contribution in [-0.4, -0.2) is 144 Å². The summed E-state index contributed by atoms with van der Waals surface area (Å²) in [6.07, 6.45) is 0. The summed E-state index contributed by atoms with van der Waals surface area (Å²) in [7, 11) is 0. The fraction of sp³-hybridized carbons (Fsp3) is 0.786. The van der Waals surface area contributed by atoms with Crippen molar-refractivity contribution in [3.63, 3.8) is 0 Å². The Hall–Kier alpha value is -1.10. The van der Waals surface area contributed by atoms with E-state index in [0.29, 0.717) is 150 Å². The molecular weight excluding hydrogens is 606 g/mol. The minimum atomic E-state index is 0.440. The second-order valence-electron chi connectivity index (χ2n) is 8.20. The van der Waals surface area contributed by atoms with E-state index < -0.39 is 0 Å². The molecule has 0 aliphatic heterocycles. The maximum atomic E-state index is 5.81. The highest BCUT2D eigenvalue weighted by molar-refractivity contribution is 9.09. The van der Waals surface area contributed by atoms with E-state index >= 15 is 0 Å². The lowest BCUT2D eigenvalue weighted by molar-refractivity contribution is -0.0265. The van der Waals surface area contributed by atoms with Crippen LogP contribution in [0.15, 0.2) is 24.3 Å². The Bertz CT molecular complexity index is 663. The van der Waals surface area contributed by atoms with Crippen LogP contribution in [0.2, 0.25) is 0 Å². The standard InChI is InChI=1S/C28H50BrNO11/c29-5-6-31-7-8-32-9-10-33-11-12-34-13-14-35-15-16-36-17-18-37-19-20-38-21-22-39-23-24-40-25-26-41-28-4-2-1-3-27(28)30/h1-4H,5-26,30H2. The summed E-state index contributed by atoms with van der Waals surface area (Å²) in [5, 5.41) is 0.838. The van der Waals surface area contributed by atoms with E-state index in [4.69, 9.17) is 57.8 Å². The molecule has 0 aliphatic carbocycles. The fourth-order valence-corrected chi connectivity index (χ4v) is 3.19. The van der Waals surface area contributed by atoms with Crippen LogP contribution in [0.25, 0.3) is 0 Å². The Morgan fingerprint density at radius 3 is 0.951 bits per heavy atom. The van der Waals surface area contributed by atoms with Gasteiger partial charge >= 0.3 is 0 Å². The number of anilines is 1. The van der Waals surface area contributed by atoms with Crippen LogP contribution in [0.1, 0.15) is 0 Å². The molecule has 0 spiro atoms. The van der Waals surface area contributed by atoms with Crippen LogP contribution < -0.4 is 10.5 Å². The Kier molecular flexibility index (Phi) is 29.4. The normalized spacial score (nSPS) is 11.3. The van der Waals surface area contributed by atoms with Crippen LogP contribution in [0.5, 0.6) is 5.75 Å². The number of hydrogen-bond acceptors (Lipinski definition) is 12. The SMILES string of the molecule is Nc1ccccc1OCCOCCOCCOCCOCCOCCOCCOCCOCCOCCOCCBr. The minimum absolute atomic E-state index is 0.440. The first-order valence-electron chi connectivity index (χ1n) is 14.1. The first kappa shape index (κ1) is 37.9. The van der Waals surface area contributed by atoms with Gasteiger partial charge < -0.3 is 57.8 Å². The van der Waals surface area contributed by atoms with Crippen LogP contribution in [0.4, 0.5) is 5.69 Å². The van der Waals surface area contributed by atoms with Crippen molar-refractivity contribution in [3.8, 4) is 5.75 Å². The van der Waals surface area contributed by atoms with Crippen molar-refractivity contribution in [1.82, 2.24) is 0 Å². The predicted octanol–water partition coefficient (Wildman–Crippen LogP) is 2.21. The molecule has 1 rings (SSSR count). The number of benzene rings is 1. The number of para-hydroxylation sites is 2. The summed E-state index contributed by atoms with van der Waals surface area (Å²) < 4.78 is 59.9. The van der Waals surface area contributed by atoms with E-state index in [2.05, 4.69) is 15.9 Å². The number of ether oxygens (including phenoxy) is 11. The molecular formula is C28H50BrNO11. The Balaban J connectivity index is 1.64. The number of hydrogen-bond donors (Lipinski definition) is 1. The smallest absolute Gasteiger partial charge is 0.142 e. The van der Waals surface area contributed by atoms with E-state index in [9.17, 15) is 0 Å². The summed E-state index contributed by atoms with van der Waals surface area (Å²) in [6, 6.07) is 7.38. The molecule has 1 aromatic rings. The molecule has 0 aliphatic rings. The third-order valence-corrected chi connectivity index (χ3v) is 5.30. The molecule has 0 fully saturated rings. The zero-order chi connectivity index (χ0) is 29.3. The zero-order valence-corrected chi connectivity index (χ0v) is 25.9. The third kappa shape index (κ3) is 27.5. The topological polar surface area (TPSA) is 128 Å². The number of nitrogen functional groups attached to an aromatic ring is 1. The lowest BCUT2D eigenvalue weighted by Gasteiger charge is -2.09. The quantitative estimate of drug-likeness (QED) is 0.0677. The minimum Gasteiger partial charge on any atom is -0.489 e. The van der Waals surface area contributed by atoms with Crippen LogP contribution in [-0.2, 0) is 47.4 Å². The van der Waals surface area contributed by atoms with E-state index in [1.54, 1.807) is 6.07 Å². The second-order valence-corrected chi connectivity index (χ2v) is 8.99. The van der Waals surface area contributed by atoms with Crippen molar-refractivity contribution < 1.29 is 52.1 Å². The monoisotopic (exact) mass is 655 g/mol. The van der Waals surface area contributed by atoms with Crippen LogP contribution in [0.3, 0.4) is 0 Å². The summed E-state index contributed by atoms with van der Waals surface area (Å²) in [4.78, 5) is 0. The highest BCUT2D eigenvalue weighted by atomic mass is 79.9. The molecule has 0 radical (unpaired) electrons. The van der Waals surface area contributed by atoms with Gasteiger partial charge in [0, 0.05) is 5.33 Å². The maximum Gasteiger partial charge on any atom is 0.142 e. The molecule has 0 amide bonds. The highest BCUT2D eigenvalue weighted by Crippen LogP contribution is 2.19. The van der Waals surface area contributed by atoms with Gasteiger partial charge in [-0.2, -0.15) is 0 Å². The lowest BCUT2D eigenvalue weighted by Crippen LogP contribution is -2.15. The summed E-state index contributed by atoms with van der Waals surface area (Å²) >= 11 is 3.30. The Morgan fingerprint density at radius 2 is 0.659 bits per heavy atom. The van der Waals surface area contributed by atoms with E-state index in [1.807, 2.05) is 18.2 Å². The largest absolute Gasteiger partial charge is 0.489 e. The molecule has 13 heteroatoms. The van der Waals surface area contributed by atoms with Gasteiger partial charge in [-0.3, -0.25) is 0 Å². The van der Waals surface area contributed by atoms with Gasteiger partial charge in [-0.25, -0.2) is 0 Å². The molecule has 0 unspecified atom stereocenters. The van der Waals surface area contributed by atoms with E-state index in [-0.39, 0.29) is 0 Å². The summed E-state index contributed by atoms with van der Waals surface area (Å²) in [6.45, 7) is 11.1. The van der Waals surface area contributed by atoms with Gasteiger partial charge in [0.25, 0.3) is 0 Å². The molecule has 0 saturated heterocycles. The average Bonchev–Trinajstić information content (AvgIpc) is 2.98. The number of alkyl halides is 1. The Morgan fingerprint density at radius 1 is 0.390 bits per heavy atom. The second kappa shape index (κ2) is 31.8. The number of nitrogens with two attached hydrogens (primary N) is 1. The van der Waals surface area contributed by atoms with Crippen molar-refractivity contribution in [2.24, 2.45) is 0 Å². The summed E-state index contributed by atoms with van der Waals surface area (Å²) in [5.41, 5.74) is 6.43. The van der Waals surface area contributed by atoms with Gasteiger partial charge in [0.2, 0.25) is 0 Å². The highest BCUT2D eigenvalue weighted by Gasteiger charge is 1.99. The maximum absolute atomic E-state index is 5.81. The first-order chi connectivity index (χ1) is 20.3. The molecule has 0 heterocycles.